The van der Waals surface area contributed by atoms with Crippen LogP contribution in [0.15, 0.2) is 42.5 Å². The first kappa shape index (κ1) is 18.9. The van der Waals surface area contributed by atoms with E-state index < -0.39 is 5.82 Å². The van der Waals surface area contributed by atoms with Gasteiger partial charge in [-0.25, -0.2) is 4.39 Å². The van der Waals surface area contributed by atoms with E-state index in [9.17, 15) is 9.18 Å². The molecule has 4 nitrogen and oxygen atoms in total. The number of piperidine rings is 1. The lowest BCUT2D eigenvalue weighted by atomic mass is 10.0. The van der Waals surface area contributed by atoms with Gasteiger partial charge < -0.3 is 15.0 Å². The smallest absolute Gasteiger partial charge is 0.256 e. The van der Waals surface area contributed by atoms with Crippen LogP contribution in [0.1, 0.15) is 36.0 Å². The summed E-state index contributed by atoms with van der Waals surface area (Å²) in [6, 6.07) is 12.8. The fourth-order valence-corrected chi connectivity index (χ4v) is 3.76. The number of halogens is 1. The van der Waals surface area contributed by atoms with Crippen molar-refractivity contribution in [2.75, 3.05) is 26.7 Å². The number of likely N-dealkylation sites (tertiary alicyclic amines) is 1. The van der Waals surface area contributed by atoms with Crippen molar-refractivity contribution in [3.63, 3.8) is 0 Å². The van der Waals surface area contributed by atoms with Gasteiger partial charge in [0.2, 0.25) is 0 Å². The first-order valence-corrected chi connectivity index (χ1v) is 10.1. The van der Waals surface area contributed by atoms with E-state index in [4.69, 9.17) is 4.74 Å². The molecule has 0 bridgehead atoms. The number of carbonyl (C=O) groups excluding carboxylic acids is 1. The molecule has 1 aliphatic carbocycles. The Balaban J connectivity index is 1.38. The average molecular weight is 382 g/mol. The Kier molecular flexibility index (Phi) is 5.62. The molecule has 1 saturated heterocycles. The maximum atomic E-state index is 14.7. The maximum absolute atomic E-state index is 14.7. The summed E-state index contributed by atoms with van der Waals surface area (Å²) in [6.07, 6.45) is 4.56. The number of amides is 1. The van der Waals surface area contributed by atoms with Crippen LogP contribution in [0.3, 0.4) is 0 Å². The van der Waals surface area contributed by atoms with Gasteiger partial charge in [0.05, 0.1) is 12.7 Å². The van der Waals surface area contributed by atoms with Crippen LogP contribution in [-0.4, -0.2) is 43.6 Å². The van der Waals surface area contributed by atoms with Gasteiger partial charge in [-0.05, 0) is 73.5 Å². The highest BCUT2D eigenvalue weighted by Crippen LogP contribution is 2.28. The third kappa shape index (κ3) is 4.36. The molecule has 0 radical (unpaired) electrons. The van der Waals surface area contributed by atoms with Gasteiger partial charge in [-0.2, -0.15) is 0 Å². The fourth-order valence-electron chi connectivity index (χ4n) is 3.76. The second-order valence-corrected chi connectivity index (χ2v) is 7.84. The molecule has 2 aromatic carbocycles. The van der Waals surface area contributed by atoms with E-state index in [2.05, 4.69) is 5.32 Å². The third-order valence-electron chi connectivity index (χ3n) is 5.80. The van der Waals surface area contributed by atoms with Gasteiger partial charge in [0.25, 0.3) is 5.91 Å². The predicted molar refractivity (Wildman–Crippen MR) is 108 cm³/mol. The van der Waals surface area contributed by atoms with Crippen molar-refractivity contribution >= 4 is 5.91 Å². The lowest BCUT2D eigenvalue weighted by molar-refractivity contribution is 0.0700. The molecule has 4 rings (SSSR count). The molecule has 0 aromatic heterocycles. The summed E-state index contributed by atoms with van der Waals surface area (Å²) < 4.78 is 19.9. The lowest BCUT2D eigenvalue weighted by Crippen LogP contribution is -2.45. The van der Waals surface area contributed by atoms with E-state index in [1.807, 2.05) is 30.3 Å². The minimum atomic E-state index is -0.465. The van der Waals surface area contributed by atoms with Gasteiger partial charge in [-0.15, -0.1) is 0 Å². The molecule has 2 aromatic rings. The topological polar surface area (TPSA) is 41.6 Å². The summed E-state index contributed by atoms with van der Waals surface area (Å²) in [4.78, 5) is 14.6. The SMILES string of the molecule is COc1ccc(-c2ccc(C(=O)N3CCC(NCC4CC4)CC3)c(F)c2)cc1. The summed E-state index contributed by atoms with van der Waals surface area (Å²) in [7, 11) is 1.61. The number of methoxy groups -OCH3 is 1. The van der Waals surface area contributed by atoms with E-state index in [-0.39, 0.29) is 11.5 Å². The number of ether oxygens (including phenoxy) is 1. The number of benzene rings is 2. The van der Waals surface area contributed by atoms with Crippen molar-refractivity contribution in [1.29, 1.82) is 0 Å². The first-order valence-electron chi connectivity index (χ1n) is 10.1. The van der Waals surface area contributed by atoms with Gasteiger partial charge in [0, 0.05) is 19.1 Å². The van der Waals surface area contributed by atoms with Crippen LogP contribution in [-0.2, 0) is 0 Å². The van der Waals surface area contributed by atoms with Crippen LogP contribution >= 0.6 is 0 Å². The molecular formula is C23H27FN2O2. The quantitative estimate of drug-likeness (QED) is 0.818. The van der Waals surface area contributed by atoms with E-state index in [0.717, 1.165) is 42.2 Å². The van der Waals surface area contributed by atoms with E-state index in [1.165, 1.54) is 18.9 Å². The van der Waals surface area contributed by atoms with Gasteiger partial charge in [-0.1, -0.05) is 18.2 Å². The van der Waals surface area contributed by atoms with Gasteiger partial charge in [0.15, 0.2) is 0 Å². The zero-order chi connectivity index (χ0) is 19.5. The van der Waals surface area contributed by atoms with Crippen molar-refractivity contribution in [2.24, 2.45) is 5.92 Å². The van der Waals surface area contributed by atoms with Gasteiger partial charge >= 0.3 is 0 Å². The highest BCUT2D eigenvalue weighted by atomic mass is 19.1. The standard InChI is InChI=1S/C23H27FN2O2/c1-28-20-7-4-17(5-8-20)18-6-9-21(22(24)14-18)23(27)26-12-10-19(11-13-26)25-15-16-2-3-16/h4-9,14,16,19,25H,2-3,10-13,15H2,1H3. The predicted octanol–water partition coefficient (Wildman–Crippen LogP) is 4.11. The number of carbonyl (C=O) groups is 1. The molecule has 0 unspecified atom stereocenters. The molecule has 0 spiro atoms. The summed E-state index contributed by atoms with van der Waals surface area (Å²) in [5.41, 5.74) is 1.79. The molecule has 1 aliphatic heterocycles. The molecule has 2 aliphatic rings. The van der Waals surface area contributed by atoms with Crippen LogP contribution in [0.25, 0.3) is 11.1 Å². The Morgan fingerprint density at radius 3 is 2.36 bits per heavy atom. The largest absolute Gasteiger partial charge is 0.497 e. The maximum Gasteiger partial charge on any atom is 0.256 e. The van der Waals surface area contributed by atoms with Gasteiger partial charge in [0.1, 0.15) is 11.6 Å². The van der Waals surface area contributed by atoms with Crippen LogP contribution in [0, 0.1) is 11.7 Å². The van der Waals surface area contributed by atoms with E-state index in [0.29, 0.717) is 19.1 Å². The van der Waals surface area contributed by atoms with Crippen molar-refractivity contribution in [1.82, 2.24) is 10.2 Å². The second kappa shape index (κ2) is 8.31. The van der Waals surface area contributed by atoms with Crippen LogP contribution in [0.2, 0.25) is 0 Å². The molecule has 0 atom stereocenters. The molecule has 1 heterocycles. The first-order chi connectivity index (χ1) is 13.6. The molecule has 2 fully saturated rings. The Bertz CT molecular complexity index is 825. The number of rotatable bonds is 6. The molecular weight excluding hydrogens is 355 g/mol. The molecule has 28 heavy (non-hydrogen) atoms. The minimum Gasteiger partial charge on any atom is -0.497 e. The number of nitrogens with one attached hydrogen (secondary N) is 1. The second-order valence-electron chi connectivity index (χ2n) is 7.84. The summed E-state index contributed by atoms with van der Waals surface area (Å²) >= 11 is 0. The molecule has 5 heteroatoms. The number of hydrogen-bond acceptors (Lipinski definition) is 3. The molecule has 1 amide bonds. The molecule has 1 saturated carbocycles. The summed E-state index contributed by atoms with van der Waals surface area (Å²) in [6.45, 7) is 2.46. The third-order valence-corrected chi connectivity index (χ3v) is 5.80. The van der Waals surface area contributed by atoms with Crippen molar-refractivity contribution < 1.29 is 13.9 Å². The number of nitrogens with zero attached hydrogens (tertiary/aromatic N) is 1. The highest BCUT2D eigenvalue weighted by Gasteiger charge is 2.27. The monoisotopic (exact) mass is 382 g/mol. The number of hydrogen-bond donors (Lipinski definition) is 1. The zero-order valence-corrected chi connectivity index (χ0v) is 16.3. The Morgan fingerprint density at radius 1 is 1.07 bits per heavy atom. The zero-order valence-electron chi connectivity index (χ0n) is 16.3. The van der Waals surface area contributed by atoms with Crippen LogP contribution in [0.4, 0.5) is 4.39 Å². The van der Waals surface area contributed by atoms with Crippen molar-refractivity contribution in [3.05, 3.63) is 53.8 Å². The molecule has 1 N–H and O–H groups in total. The van der Waals surface area contributed by atoms with Crippen molar-refractivity contribution in [3.8, 4) is 16.9 Å². The van der Waals surface area contributed by atoms with Crippen molar-refractivity contribution in [2.45, 2.75) is 31.7 Å². The Morgan fingerprint density at radius 2 is 1.75 bits per heavy atom. The summed E-state index contributed by atoms with van der Waals surface area (Å²) in [5, 5.41) is 3.61. The van der Waals surface area contributed by atoms with E-state index in [1.54, 1.807) is 18.1 Å². The lowest BCUT2D eigenvalue weighted by Gasteiger charge is -2.32. The van der Waals surface area contributed by atoms with Crippen LogP contribution < -0.4 is 10.1 Å². The Labute approximate surface area is 165 Å². The average Bonchev–Trinajstić information content (AvgIpc) is 3.57. The van der Waals surface area contributed by atoms with E-state index >= 15 is 0 Å². The normalized spacial score (nSPS) is 17.6. The molecule has 148 valence electrons. The Hall–Kier alpha value is -2.40. The highest BCUT2D eigenvalue weighted by molar-refractivity contribution is 5.95. The van der Waals surface area contributed by atoms with Crippen LogP contribution in [0.5, 0.6) is 5.75 Å². The van der Waals surface area contributed by atoms with Gasteiger partial charge in [-0.3, -0.25) is 4.79 Å². The fraction of sp³-hybridized carbons (Fsp3) is 0.435. The minimum absolute atomic E-state index is 0.154. The summed E-state index contributed by atoms with van der Waals surface area (Å²) in [5.74, 6) is 0.941.